The van der Waals surface area contributed by atoms with E-state index in [1.165, 1.54) is 31.0 Å². The zero-order valence-electron chi connectivity index (χ0n) is 12.0. The highest BCUT2D eigenvalue weighted by Gasteiger charge is 2.41. The van der Waals surface area contributed by atoms with Crippen LogP contribution in [0.4, 0.5) is 14.5 Å². The molecule has 0 radical (unpaired) electrons. The van der Waals surface area contributed by atoms with Crippen LogP contribution in [-0.2, 0) is 0 Å². The lowest BCUT2D eigenvalue weighted by Gasteiger charge is -2.47. The molecule has 20 heavy (non-hydrogen) atoms. The normalized spacial score (nSPS) is 25.4. The van der Waals surface area contributed by atoms with Crippen molar-refractivity contribution in [1.29, 1.82) is 0 Å². The minimum absolute atomic E-state index is 0.102. The molecule has 4 heteroatoms. The third-order valence-electron chi connectivity index (χ3n) is 4.88. The summed E-state index contributed by atoms with van der Waals surface area (Å²) < 4.78 is 27.6. The molecule has 1 unspecified atom stereocenters. The first kappa shape index (κ1) is 13.8. The smallest absolute Gasteiger partial charge is 0.146 e. The molecule has 1 atom stereocenters. The van der Waals surface area contributed by atoms with Crippen molar-refractivity contribution in [2.45, 2.75) is 50.6 Å². The first-order valence-electron chi connectivity index (χ1n) is 7.60. The van der Waals surface area contributed by atoms with Crippen LogP contribution in [-0.4, -0.2) is 24.7 Å². The van der Waals surface area contributed by atoms with Gasteiger partial charge in [-0.05, 0) is 31.4 Å². The zero-order valence-corrected chi connectivity index (χ0v) is 12.0. The molecule has 1 aromatic rings. The average molecular weight is 280 g/mol. The molecule has 0 bridgehead atoms. The van der Waals surface area contributed by atoms with Gasteiger partial charge in [-0.2, -0.15) is 0 Å². The first-order valence-corrected chi connectivity index (χ1v) is 7.60. The van der Waals surface area contributed by atoms with Gasteiger partial charge < -0.3 is 10.2 Å². The molecular formula is C16H22F2N2. The van der Waals surface area contributed by atoms with Crippen LogP contribution in [0.3, 0.4) is 0 Å². The summed E-state index contributed by atoms with van der Waals surface area (Å²) in [5.41, 5.74) is 0.523. The van der Waals surface area contributed by atoms with Crippen molar-refractivity contribution in [3.05, 3.63) is 29.8 Å². The van der Waals surface area contributed by atoms with Crippen molar-refractivity contribution < 1.29 is 8.78 Å². The van der Waals surface area contributed by atoms with Crippen LogP contribution < -0.4 is 10.2 Å². The van der Waals surface area contributed by atoms with E-state index >= 15 is 0 Å². The first-order chi connectivity index (χ1) is 9.63. The molecule has 1 saturated heterocycles. The highest BCUT2D eigenvalue weighted by Crippen LogP contribution is 2.36. The van der Waals surface area contributed by atoms with Gasteiger partial charge in [0.05, 0.1) is 5.69 Å². The third-order valence-corrected chi connectivity index (χ3v) is 4.88. The van der Waals surface area contributed by atoms with E-state index in [0.29, 0.717) is 5.69 Å². The summed E-state index contributed by atoms with van der Waals surface area (Å²) in [6.07, 6.45) is 5.65. The Hall–Kier alpha value is -1.16. The second kappa shape index (κ2) is 5.32. The number of nitrogens with one attached hydrogen (secondary N) is 1. The van der Waals surface area contributed by atoms with E-state index in [9.17, 15) is 8.78 Å². The van der Waals surface area contributed by atoms with Crippen molar-refractivity contribution in [2.24, 2.45) is 0 Å². The Balaban J connectivity index is 1.92. The second-order valence-electron chi connectivity index (χ2n) is 6.15. The number of piperazine rings is 1. The lowest BCUT2D eigenvalue weighted by Crippen LogP contribution is -2.63. The summed E-state index contributed by atoms with van der Waals surface area (Å²) in [7, 11) is 0. The summed E-state index contributed by atoms with van der Waals surface area (Å²) >= 11 is 0. The Labute approximate surface area is 119 Å². The fraction of sp³-hybridized carbons (Fsp3) is 0.625. The summed E-state index contributed by atoms with van der Waals surface area (Å²) in [6, 6.07) is 4.00. The van der Waals surface area contributed by atoms with Gasteiger partial charge in [0.2, 0.25) is 0 Å². The molecule has 2 aliphatic rings. The van der Waals surface area contributed by atoms with Gasteiger partial charge in [0.15, 0.2) is 0 Å². The van der Waals surface area contributed by atoms with Crippen molar-refractivity contribution >= 4 is 5.69 Å². The van der Waals surface area contributed by atoms with Gasteiger partial charge in [-0.15, -0.1) is 0 Å². The molecule has 1 aromatic carbocycles. The van der Waals surface area contributed by atoms with Gasteiger partial charge in [-0.25, -0.2) is 8.78 Å². The van der Waals surface area contributed by atoms with Gasteiger partial charge in [0.1, 0.15) is 11.6 Å². The standard InChI is InChI=1S/C16H22F2N2/c1-2-13-10-19-16(7-3-4-8-16)11-20(13)15-9-12(17)5-6-14(15)18/h5-6,9,13,19H,2-4,7-8,10-11H2,1H3. The van der Waals surface area contributed by atoms with E-state index < -0.39 is 0 Å². The average Bonchev–Trinajstić information content (AvgIpc) is 2.90. The van der Waals surface area contributed by atoms with Crippen molar-refractivity contribution in [2.75, 3.05) is 18.0 Å². The summed E-state index contributed by atoms with van der Waals surface area (Å²) in [5, 5.41) is 3.67. The molecule has 1 aliphatic heterocycles. The maximum absolute atomic E-state index is 14.1. The molecule has 1 heterocycles. The lowest BCUT2D eigenvalue weighted by molar-refractivity contribution is 0.266. The Bertz CT molecular complexity index is 483. The summed E-state index contributed by atoms with van der Waals surface area (Å²) in [4.78, 5) is 2.08. The monoisotopic (exact) mass is 280 g/mol. The fourth-order valence-electron chi connectivity index (χ4n) is 3.69. The molecule has 1 aliphatic carbocycles. The van der Waals surface area contributed by atoms with Crippen LogP contribution in [0.5, 0.6) is 0 Å². The summed E-state index contributed by atoms with van der Waals surface area (Å²) in [6.45, 7) is 3.74. The Morgan fingerprint density at radius 3 is 2.75 bits per heavy atom. The summed E-state index contributed by atoms with van der Waals surface area (Å²) in [5.74, 6) is -0.685. The van der Waals surface area contributed by atoms with E-state index in [-0.39, 0.29) is 23.2 Å². The SMILES string of the molecule is CCC1CNC2(CCCC2)CN1c1cc(F)ccc1F. The van der Waals surface area contributed by atoms with Crippen LogP contribution in [0.1, 0.15) is 39.0 Å². The predicted molar refractivity (Wildman–Crippen MR) is 77.0 cm³/mol. The number of hydrogen-bond acceptors (Lipinski definition) is 2. The van der Waals surface area contributed by atoms with Crippen molar-refractivity contribution in [1.82, 2.24) is 5.32 Å². The molecule has 3 rings (SSSR count). The lowest BCUT2D eigenvalue weighted by atomic mass is 9.91. The Morgan fingerprint density at radius 2 is 2.05 bits per heavy atom. The topological polar surface area (TPSA) is 15.3 Å². The fourth-order valence-corrected chi connectivity index (χ4v) is 3.69. The number of hydrogen-bond donors (Lipinski definition) is 1. The van der Waals surface area contributed by atoms with Gasteiger partial charge in [-0.1, -0.05) is 19.8 Å². The van der Waals surface area contributed by atoms with Crippen molar-refractivity contribution in [3.63, 3.8) is 0 Å². The van der Waals surface area contributed by atoms with Gasteiger partial charge in [0, 0.05) is 30.7 Å². The second-order valence-corrected chi connectivity index (χ2v) is 6.15. The van der Waals surface area contributed by atoms with Crippen LogP contribution in [0.25, 0.3) is 0 Å². The number of benzene rings is 1. The van der Waals surface area contributed by atoms with Gasteiger partial charge in [0.25, 0.3) is 0 Å². The zero-order chi connectivity index (χ0) is 14.2. The molecule has 2 nitrogen and oxygen atoms in total. The van der Waals surface area contributed by atoms with Crippen LogP contribution in [0.15, 0.2) is 18.2 Å². The molecule has 2 fully saturated rings. The van der Waals surface area contributed by atoms with E-state index in [0.717, 1.165) is 32.4 Å². The molecule has 1 N–H and O–H groups in total. The molecule has 1 saturated carbocycles. The van der Waals surface area contributed by atoms with Crippen LogP contribution in [0, 0.1) is 11.6 Å². The van der Waals surface area contributed by atoms with E-state index in [4.69, 9.17) is 0 Å². The Morgan fingerprint density at radius 1 is 1.30 bits per heavy atom. The minimum Gasteiger partial charge on any atom is -0.363 e. The molecular weight excluding hydrogens is 258 g/mol. The predicted octanol–water partition coefficient (Wildman–Crippen LogP) is 3.47. The number of rotatable bonds is 2. The highest BCUT2D eigenvalue weighted by atomic mass is 19.1. The largest absolute Gasteiger partial charge is 0.363 e. The number of halogens is 2. The van der Waals surface area contributed by atoms with E-state index in [2.05, 4.69) is 17.1 Å². The Kier molecular flexibility index (Phi) is 3.67. The van der Waals surface area contributed by atoms with Crippen molar-refractivity contribution in [3.8, 4) is 0 Å². The molecule has 0 amide bonds. The number of anilines is 1. The quantitative estimate of drug-likeness (QED) is 0.892. The third kappa shape index (κ3) is 2.41. The van der Waals surface area contributed by atoms with Gasteiger partial charge in [-0.3, -0.25) is 0 Å². The van der Waals surface area contributed by atoms with Crippen LogP contribution >= 0.6 is 0 Å². The van der Waals surface area contributed by atoms with E-state index in [1.54, 1.807) is 0 Å². The maximum Gasteiger partial charge on any atom is 0.146 e. The molecule has 1 spiro atoms. The molecule has 0 aromatic heterocycles. The maximum atomic E-state index is 14.1. The molecule has 110 valence electrons. The van der Waals surface area contributed by atoms with E-state index in [1.807, 2.05) is 0 Å². The number of nitrogens with zero attached hydrogens (tertiary/aromatic N) is 1. The van der Waals surface area contributed by atoms with Crippen LogP contribution in [0.2, 0.25) is 0 Å². The highest BCUT2D eigenvalue weighted by molar-refractivity contribution is 5.50. The minimum atomic E-state index is -0.366. The van der Waals surface area contributed by atoms with Gasteiger partial charge >= 0.3 is 0 Å².